The Labute approximate surface area is 118 Å². The van der Waals surface area contributed by atoms with Crippen molar-refractivity contribution in [2.24, 2.45) is 5.92 Å². The van der Waals surface area contributed by atoms with Gasteiger partial charge in [-0.25, -0.2) is 0 Å². The lowest BCUT2D eigenvalue weighted by atomic mass is 9.96. The summed E-state index contributed by atoms with van der Waals surface area (Å²) in [6.07, 6.45) is 2.14. The molecule has 0 radical (unpaired) electrons. The van der Waals surface area contributed by atoms with Gasteiger partial charge in [0.1, 0.15) is 0 Å². The van der Waals surface area contributed by atoms with E-state index in [0.717, 1.165) is 38.2 Å². The number of nitrogens with one attached hydrogen (secondary N) is 1. The first-order valence-corrected chi connectivity index (χ1v) is 6.98. The molecule has 3 N–H and O–H groups in total. The van der Waals surface area contributed by atoms with Crippen molar-refractivity contribution in [2.75, 3.05) is 30.3 Å². The average Bonchev–Trinajstić information content (AvgIpc) is 2.37. The Morgan fingerprint density at radius 2 is 2.16 bits per heavy atom. The fourth-order valence-corrected chi connectivity index (χ4v) is 2.75. The maximum absolute atomic E-state index is 10.9. The molecule has 104 valence electrons. The molecule has 5 heteroatoms. The largest absolute Gasteiger partial charge is 0.399 e. The van der Waals surface area contributed by atoms with E-state index in [-0.39, 0.29) is 5.91 Å². The van der Waals surface area contributed by atoms with E-state index in [2.05, 4.69) is 10.2 Å². The molecular formula is C14H20ClN3O. The number of halogens is 1. The summed E-state index contributed by atoms with van der Waals surface area (Å²) in [6.45, 7) is 4.27. The second-order valence-electron chi connectivity index (χ2n) is 5.08. The van der Waals surface area contributed by atoms with E-state index in [4.69, 9.17) is 17.3 Å². The van der Waals surface area contributed by atoms with Gasteiger partial charge in [0, 0.05) is 32.2 Å². The number of hydrogen-bond donors (Lipinski definition) is 2. The van der Waals surface area contributed by atoms with Crippen LogP contribution in [0.4, 0.5) is 11.4 Å². The molecule has 1 aromatic carbocycles. The number of piperidine rings is 1. The number of nitrogens with two attached hydrogens (primary N) is 1. The first kappa shape index (κ1) is 14.0. The Hall–Kier alpha value is -1.42. The number of nitrogens with zero attached hydrogens (tertiary/aromatic N) is 1. The van der Waals surface area contributed by atoms with Crippen LogP contribution >= 0.6 is 11.6 Å². The van der Waals surface area contributed by atoms with Crippen molar-refractivity contribution in [3.63, 3.8) is 0 Å². The third kappa shape index (κ3) is 3.77. The molecule has 4 nitrogen and oxygen atoms in total. The summed E-state index contributed by atoms with van der Waals surface area (Å²) in [5.74, 6) is 0.608. The van der Waals surface area contributed by atoms with Crippen LogP contribution in [-0.2, 0) is 4.79 Å². The van der Waals surface area contributed by atoms with Crippen molar-refractivity contribution in [1.82, 2.24) is 5.32 Å². The van der Waals surface area contributed by atoms with Gasteiger partial charge in [0.25, 0.3) is 0 Å². The molecule has 0 bridgehead atoms. The van der Waals surface area contributed by atoms with Gasteiger partial charge >= 0.3 is 0 Å². The molecule has 0 saturated carbocycles. The first-order valence-electron chi connectivity index (χ1n) is 6.60. The molecule has 1 heterocycles. The van der Waals surface area contributed by atoms with E-state index in [0.29, 0.717) is 16.6 Å². The third-order valence-electron chi connectivity index (χ3n) is 3.57. The maximum atomic E-state index is 10.9. The fraction of sp³-hybridized carbons (Fsp3) is 0.500. The minimum Gasteiger partial charge on any atom is -0.399 e. The molecule has 1 aliphatic heterocycles. The van der Waals surface area contributed by atoms with E-state index in [9.17, 15) is 4.79 Å². The zero-order valence-electron chi connectivity index (χ0n) is 11.2. The highest BCUT2D eigenvalue weighted by molar-refractivity contribution is 6.33. The Morgan fingerprint density at radius 3 is 2.74 bits per heavy atom. The molecule has 2 rings (SSSR count). The summed E-state index contributed by atoms with van der Waals surface area (Å²) in [6, 6.07) is 5.65. The number of rotatable bonds is 3. The van der Waals surface area contributed by atoms with Crippen molar-refractivity contribution >= 4 is 28.9 Å². The van der Waals surface area contributed by atoms with Crippen LogP contribution in [0.25, 0.3) is 0 Å². The van der Waals surface area contributed by atoms with E-state index >= 15 is 0 Å². The first-order chi connectivity index (χ1) is 9.06. The number of amides is 1. The van der Waals surface area contributed by atoms with Gasteiger partial charge in [-0.15, -0.1) is 0 Å². The summed E-state index contributed by atoms with van der Waals surface area (Å²) in [5, 5.41) is 3.60. The van der Waals surface area contributed by atoms with Crippen LogP contribution in [0.3, 0.4) is 0 Å². The van der Waals surface area contributed by atoms with E-state index < -0.39 is 0 Å². The number of anilines is 2. The molecule has 0 atom stereocenters. The molecule has 1 aliphatic rings. The molecule has 0 aromatic heterocycles. The minimum atomic E-state index is 0.0454. The molecular weight excluding hydrogens is 262 g/mol. The second-order valence-corrected chi connectivity index (χ2v) is 5.49. The van der Waals surface area contributed by atoms with Crippen LogP contribution in [0.15, 0.2) is 18.2 Å². The van der Waals surface area contributed by atoms with Crippen LogP contribution in [0, 0.1) is 5.92 Å². The van der Waals surface area contributed by atoms with E-state index in [1.807, 2.05) is 12.1 Å². The third-order valence-corrected chi connectivity index (χ3v) is 3.87. The summed E-state index contributed by atoms with van der Waals surface area (Å²) < 4.78 is 0. The summed E-state index contributed by atoms with van der Waals surface area (Å²) >= 11 is 6.22. The molecule has 0 unspecified atom stereocenters. The number of hydrogen-bond acceptors (Lipinski definition) is 3. The van der Waals surface area contributed by atoms with Crippen LogP contribution in [-0.4, -0.2) is 25.5 Å². The normalized spacial score (nSPS) is 16.4. The fourth-order valence-electron chi connectivity index (χ4n) is 2.45. The monoisotopic (exact) mass is 281 g/mol. The van der Waals surface area contributed by atoms with Crippen molar-refractivity contribution in [3.8, 4) is 0 Å². The second kappa shape index (κ2) is 6.15. The van der Waals surface area contributed by atoms with Gasteiger partial charge in [-0.3, -0.25) is 4.79 Å². The molecule has 1 fully saturated rings. The Balaban J connectivity index is 1.90. The number of nitrogen functional groups attached to an aromatic ring is 1. The Kier molecular flexibility index (Phi) is 4.53. The highest BCUT2D eigenvalue weighted by Crippen LogP contribution is 2.30. The highest BCUT2D eigenvalue weighted by atomic mass is 35.5. The van der Waals surface area contributed by atoms with Gasteiger partial charge in [0.2, 0.25) is 5.91 Å². The number of carbonyl (C=O) groups excluding carboxylic acids is 1. The van der Waals surface area contributed by atoms with E-state index in [1.165, 1.54) is 0 Å². The van der Waals surface area contributed by atoms with Crippen LogP contribution in [0.2, 0.25) is 5.02 Å². The summed E-state index contributed by atoms with van der Waals surface area (Å²) in [5.41, 5.74) is 7.44. The smallest absolute Gasteiger partial charge is 0.216 e. The summed E-state index contributed by atoms with van der Waals surface area (Å²) in [7, 11) is 0. The van der Waals surface area contributed by atoms with Gasteiger partial charge in [-0.2, -0.15) is 0 Å². The molecule has 19 heavy (non-hydrogen) atoms. The van der Waals surface area contributed by atoms with Gasteiger partial charge in [0.15, 0.2) is 0 Å². The van der Waals surface area contributed by atoms with Gasteiger partial charge in [0.05, 0.1) is 10.7 Å². The predicted octanol–water partition coefficient (Wildman–Crippen LogP) is 2.27. The van der Waals surface area contributed by atoms with Crippen molar-refractivity contribution in [1.29, 1.82) is 0 Å². The average molecular weight is 282 g/mol. The SMILES string of the molecule is CC(=O)NCC1CCN(c2ccc(N)cc2Cl)CC1. The van der Waals surface area contributed by atoms with Crippen molar-refractivity contribution in [2.45, 2.75) is 19.8 Å². The van der Waals surface area contributed by atoms with E-state index in [1.54, 1.807) is 13.0 Å². The maximum Gasteiger partial charge on any atom is 0.216 e. The Morgan fingerprint density at radius 1 is 1.47 bits per heavy atom. The number of carbonyl (C=O) groups is 1. The zero-order chi connectivity index (χ0) is 13.8. The standard InChI is InChI=1S/C14H20ClN3O/c1-10(19)17-9-11-4-6-18(7-5-11)14-3-2-12(16)8-13(14)15/h2-3,8,11H,4-7,9,16H2,1H3,(H,17,19). The van der Waals surface area contributed by atoms with Crippen LogP contribution in [0.1, 0.15) is 19.8 Å². The molecule has 1 saturated heterocycles. The van der Waals surface area contributed by atoms with Crippen LogP contribution < -0.4 is 16.0 Å². The van der Waals surface area contributed by atoms with Gasteiger partial charge < -0.3 is 16.0 Å². The predicted molar refractivity (Wildman–Crippen MR) is 79.5 cm³/mol. The van der Waals surface area contributed by atoms with Crippen LogP contribution in [0.5, 0.6) is 0 Å². The molecule has 1 amide bonds. The molecule has 0 aliphatic carbocycles. The Bertz CT molecular complexity index is 456. The van der Waals surface area contributed by atoms with Gasteiger partial charge in [-0.1, -0.05) is 11.6 Å². The minimum absolute atomic E-state index is 0.0454. The van der Waals surface area contributed by atoms with Gasteiger partial charge in [-0.05, 0) is 37.0 Å². The highest BCUT2D eigenvalue weighted by Gasteiger charge is 2.20. The lowest BCUT2D eigenvalue weighted by Crippen LogP contribution is -2.38. The summed E-state index contributed by atoms with van der Waals surface area (Å²) in [4.78, 5) is 13.2. The molecule has 1 aromatic rings. The number of benzene rings is 1. The van der Waals surface area contributed by atoms with Crippen molar-refractivity contribution in [3.05, 3.63) is 23.2 Å². The molecule has 0 spiro atoms. The lowest BCUT2D eigenvalue weighted by molar-refractivity contribution is -0.119. The zero-order valence-corrected chi connectivity index (χ0v) is 11.9. The lowest BCUT2D eigenvalue weighted by Gasteiger charge is -2.34. The quantitative estimate of drug-likeness (QED) is 0.836. The topological polar surface area (TPSA) is 58.4 Å². The van der Waals surface area contributed by atoms with Crippen molar-refractivity contribution < 1.29 is 4.79 Å².